The molecule has 0 radical (unpaired) electrons. The third kappa shape index (κ3) is 7.99. The number of carbonyl (C=O) groups excluding carboxylic acids is 2. The topological polar surface area (TPSA) is 102 Å². The van der Waals surface area contributed by atoms with E-state index in [1.54, 1.807) is 18.1 Å². The van der Waals surface area contributed by atoms with Crippen molar-refractivity contribution in [2.24, 2.45) is 0 Å². The van der Waals surface area contributed by atoms with Crippen molar-refractivity contribution in [1.29, 1.82) is 5.26 Å². The van der Waals surface area contributed by atoms with E-state index in [-0.39, 0.29) is 11.6 Å². The molecule has 1 aromatic heterocycles. The summed E-state index contributed by atoms with van der Waals surface area (Å²) in [6.07, 6.45) is 2.72. The number of carbonyl (C=O) groups is 2. The van der Waals surface area contributed by atoms with Gasteiger partial charge in [-0.25, -0.2) is 9.78 Å². The molecule has 2 amide bonds. The Morgan fingerprint density at radius 2 is 1.81 bits per heavy atom. The van der Waals surface area contributed by atoms with Gasteiger partial charge < -0.3 is 24.8 Å². The number of alkyl carbamates (subject to hydrolysis) is 1. The number of pyridine rings is 1. The van der Waals surface area contributed by atoms with E-state index in [2.05, 4.69) is 20.1 Å². The number of halogens is 1. The number of hydrogen-bond donors (Lipinski definition) is 1. The fourth-order valence-corrected chi connectivity index (χ4v) is 4.40. The normalized spacial score (nSPS) is 13.9. The molecule has 1 N–H and O–H groups in total. The lowest BCUT2D eigenvalue weighted by molar-refractivity contribution is 0.0526. The minimum Gasteiger partial charge on any atom is -0.444 e. The standard InChI is InChI=1S/C27H35ClN6O3/c1-27(2,3)37-26(36)31-12-5-14-32(4)25(35)20-7-9-21(10-8-20)33-15-6-16-34(18-17-33)23-11-13-30-22(19-29)24(23)28/h7-11,13H,5-6,12,14-18H2,1-4H3,(H,31,36). The summed E-state index contributed by atoms with van der Waals surface area (Å²) in [4.78, 5) is 34.7. The Bertz CT molecular complexity index is 1130. The van der Waals surface area contributed by atoms with Crippen LogP contribution in [0.1, 0.15) is 49.7 Å². The fourth-order valence-electron chi connectivity index (χ4n) is 4.13. The first kappa shape index (κ1) is 28.1. The maximum atomic E-state index is 12.8. The van der Waals surface area contributed by atoms with E-state index in [4.69, 9.17) is 16.3 Å². The highest BCUT2D eigenvalue weighted by molar-refractivity contribution is 6.34. The molecule has 198 valence electrons. The lowest BCUT2D eigenvalue weighted by atomic mass is 10.1. The number of ether oxygens (including phenoxy) is 1. The molecule has 0 unspecified atom stereocenters. The van der Waals surface area contributed by atoms with Gasteiger partial charge in [0.15, 0.2) is 5.69 Å². The fraction of sp³-hybridized carbons (Fsp3) is 0.481. The van der Waals surface area contributed by atoms with Gasteiger partial charge in [-0.05, 0) is 63.9 Å². The highest BCUT2D eigenvalue weighted by atomic mass is 35.5. The maximum Gasteiger partial charge on any atom is 0.407 e. The van der Waals surface area contributed by atoms with E-state index >= 15 is 0 Å². The maximum absolute atomic E-state index is 12.8. The van der Waals surface area contributed by atoms with Gasteiger partial charge in [0.2, 0.25) is 0 Å². The van der Waals surface area contributed by atoms with E-state index in [0.717, 1.165) is 44.0 Å². The van der Waals surface area contributed by atoms with Crippen molar-refractivity contribution in [3.63, 3.8) is 0 Å². The van der Waals surface area contributed by atoms with Crippen molar-refractivity contribution in [3.05, 3.63) is 52.8 Å². The quantitative estimate of drug-likeness (QED) is 0.536. The van der Waals surface area contributed by atoms with Gasteiger partial charge in [0, 0.05) is 63.8 Å². The van der Waals surface area contributed by atoms with Crippen molar-refractivity contribution in [3.8, 4) is 6.07 Å². The van der Waals surface area contributed by atoms with E-state index in [0.29, 0.717) is 30.1 Å². The summed E-state index contributed by atoms with van der Waals surface area (Å²) in [5.74, 6) is -0.0634. The molecular formula is C27H35ClN6O3. The SMILES string of the molecule is CN(CCCNC(=O)OC(C)(C)C)C(=O)c1ccc(N2CCCN(c3ccnc(C#N)c3Cl)CC2)cc1. The first-order valence-corrected chi connectivity index (χ1v) is 12.8. The molecule has 1 aliphatic rings. The van der Waals surface area contributed by atoms with Crippen molar-refractivity contribution in [2.45, 2.75) is 39.2 Å². The molecule has 2 heterocycles. The molecule has 0 saturated carbocycles. The second-order valence-electron chi connectivity index (χ2n) is 9.99. The number of benzene rings is 1. The largest absolute Gasteiger partial charge is 0.444 e. The second-order valence-corrected chi connectivity index (χ2v) is 10.4. The Morgan fingerprint density at radius 1 is 1.14 bits per heavy atom. The van der Waals surface area contributed by atoms with Crippen LogP contribution in [-0.4, -0.2) is 73.8 Å². The molecule has 0 aliphatic carbocycles. The van der Waals surface area contributed by atoms with Crippen molar-refractivity contribution < 1.29 is 14.3 Å². The molecule has 0 atom stereocenters. The monoisotopic (exact) mass is 526 g/mol. The van der Waals surface area contributed by atoms with Gasteiger partial charge in [0.25, 0.3) is 5.91 Å². The second kappa shape index (κ2) is 12.6. The van der Waals surface area contributed by atoms with Crippen LogP contribution in [0.3, 0.4) is 0 Å². The van der Waals surface area contributed by atoms with Gasteiger partial charge in [0.1, 0.15) is 16.7 Å². The number of nitriles is 1. The molecule has 1 aliphatic heterocycles. The minimum atomic E-state index is -0.537. The molecule has 0 bridgehead atoms. The van der Waals surface area contributed by atoms with Crippen LogP contribution in [0.2, 0.25) is 5.02 Å². The molecule has 9 nitrogen and oxygen atoms in total. The molecular weight excluding hydrogens is 492 g/mol. The molecule has 37 heavy (non-hydrogen) atoms. The van der Waals surface area contributed by atoms with Gasteiger partial charge in [-0.15, -0.1) is 0 Å². The van der Waals surface area contributed by atoms with Crippen LogP contribution in [0.5, 0.6) is 0 Å². The van der Waals surface area contributed by atoms with Crippen LogP contribution in [0.4, 0.5) is 16.2 Å². The summed E-state index contributed by atoms with van der Waals surface area (Å²) in [7, 11) is 1.76. The zero-order valence-corrected chi connectivity index (χ0v) is 22.7. The lowest BCUT2D eigenvalue weighted by Gasteiger charge is -2.25. The van der Waals surface area contributed by atoms with Gasteiger partial charge in [-0.3, -0.25) is 4.79 Å². The van der Waals surface area contributed by atoms with Gasteiger partial charge in [0.05, 0.1) is 5.69 Å². The highest BCUT2D eigenvalue weighted by Gasteiger charge is 2.20. The zero-order chi connectivity index (χ0) is 27.0. The summed E-state index contributed by atoms with van der Waals surface area (Å²) in [5, 5.41) is 12.3. The zero-order valence-electron chi connectivity index (χ0n) is 22.0. The third-order valence-electron chi connectivity index (χ3n) is 5.98. The molecule has 1 saturated heterocycles. The molecule has 1 aromatic carbocycles. The third-order valence-corrected chi connectivity index (χ3v) is 6.35. The van der Waals surface area contributed by atoms with Crippen LogP contribution < -0.4 is 15.1 Å². The summed E-state index contributed by atoms with van der Waals surface area (Å²) in [5.41, 5.74) is 2.21. The molecule has 1 fully saturated rings. The summed E-state index contributed by atoms with van der Waals surface area (Å²) in [6.45, 7) is 9.65. The summed E-state index contributed by atoms with van der Waals surface area (Å²) >= 11 is 6.40. The average Bonchev–Trinajstić information content (AvgIpc) is 3.11. The van der Waals surface area contributed by atoms with Crippen molar-refractivity contribution in [1.82, 2.24) is 15.2 Å². The van der Waals surface area contributed by atoms with Gasteiger partial charge in [-0.1, -0.05) is 11.6 Å². The predicted molar refractivity (Wildman–Crippen MR) is 145 cm³/mol. The smallest absolute Gasteiger partial charge is 0.407 e. The van der Waals surface area contributed by atoms with Gasteiger partial charge in [-0.2, -0.15) is 5.26 Å². The van der Waals surface area contributed by atoms with Crippen LogP contribution in [0.25, 0.3) is 0 Å². The van der Waals surface area contributed by atoms with E-state index < -0.39 is 11.7 Å². The first-order chi connectivity index (χ1) is 17.6. The van der Waals surface area contributed by atoms with E-state index in [1.807, 2.05) is 57.2 Å². The van der Waals surface area contributed by atoms with Crippen molar-refractivity contribution >= 4 is 35.0 Å². The lowest BCUT2D eigenvalue weighted by Crippen LogP contribution is -2.35. The Hall–Kier alpha value is -3.51. The number of nitrogens with zero attached hydrogens (tertiary/aromatic N) is 5. The Kier molecular flexibility index (Phi) is 9.59. The number of amides is 2. The number of anilines is 2. The molecule has 3 rings (SSSR count). The first-order valence-electron chi connectivity index (χ1n) is 12.5. The van der Waals surface area contributed by atoms with E-state index in [9.17, 15) is 14.9 Å². The average molecular weight is 527 g/mol. The van der Waals surface area contributed by atoms with Crippen LogP contribution >= 0.6 is 11.6 Å². The number of aromatic nitrogens is 1. The number of rotatable bonds is 7. The number of hydrogen-bond acceptors (Lipinski definition) is 7. The van der Waals surface area contributed by atoms with Crippen LogP contribution in [0.15, 0.2) is 36.5 Å². The molecule has 0 spiro atoms. The van der Waals surface area contributed by atoms with Crippen molar-refractivity contribution in [2.75, 3.05) is 56.1 Å². The predicted octanol–water partition coefficient (Wildman–Crippen LogP) is 4.31. The summed E-state index contributed by atoms with van der Waals surface area (Å²) in [6, 6.07) is 11.6. The minimum absolute atomic E-state index is 0.0634. The highest BCUT2D eigenvalue weighted by Crippen LogP contribution is 2.29. The van der Waals surface area contributed by atoms with Gasteiger partial charge >= 0.3 is 6.09 Å². The Balaban J connectivity index is 1.51. The number of nitrogens with one attached hydrogen (secondary N) is 1. The Morgan fingerprint density at radius 3 is 2.49 bits per heavy atom. The molecule has 10 heteroatoms. The molecule has 2 aromatic rings. The van der Waals surface area contributed by atoms with E-state index in [1.165, 1.54) is 0 Å². The summed E-state index contributed by atoms with van der Waals surface area (Å²) < 4.78 is 5.22. The Labute approximate surface area is 224 Å². The van der Waals surface area contributed by atoms with Crippen LogP contribution in [0, 0.1) is 11.3 Å². The van der Waals surface area contributed by atoms with Crippen LogP contribution in [-0.2, 0) is 4.74 Å².